The standard InChI is InChI=1S/C22H22ClN3OS2/c1-3-25-17-14-16(23)10-11-18(17)28-21(25)19-20(27)26(4-2)22(29-19)24-13-12-15-8-6-5-7-9-15/h5-11,14H,3-4,12-13H2,1-2H3/b21-19-,24-22?. The smallest absolute Gasteiger partial charge is 0.269 e. The largest absolute Gasteiger partial charge is 0.334 e. The summed E-state index contributed by atoms with van der Waals surface area (Å²) in [7, 11) is 0. The number of likely N-dealkylation sites (N-methyl/N-ethyl adjacent to an activating group) is 1. The van der Waals surface area contributed by atoms with Crippen molar-refractivity contribution < 1.29 is 4.79 Å². The molecule has 2 aliphatic heterocycles. The maximum atomic E-state index is 13.1. The van der Waals surface area contributed by atoms with Crippen molar-refractivity contribution in [2.45, 2.75) is 25.2 Å². The average molecular weight is 444 g/mol. The van der Waals surface area contributed by atoms with Gasteiger partial charge in [0.05, 0.1) is 5.69 Å². The molecule has 0 spiro atoms. The summed E-state index contributed by atoms with van der Waals surface area (Å²) < 4.78 is 0. The molecule has 1 amide bonds. The number of thioether (sulfide) groups is 2. The van der Waals surface area contributed by atoms with E-state index in [2.05, 4.69) is 24.0 Å². The summed E-state index contributed by atoms with van der Waals surface area (Å²) in [6.45, 7) is 6.14. The van der Waals surface area contributed by atoms with Crippen molar-refractivity contribution in [2.75, 3.05) is 24.5 Å². The quantitative estimate of drug-likeness (QED) is 0.560. The fourth-order valence-corrected chi connectivity index (χ4v) is 6.00. The van der Waals surface area contributed by atoms with Gasteiger partial charge in [-0.2, -0.15) is 0 Å². The molecular formula is C22H22ClN3OS2. The Labute approximate surface area is 185 Å². The summed E-state index contributed by atoms with van der Waals surface area (Å²) in [4.78, 5) is 23.7. The Kier molecular flexibility index (Phi) is 6.23. The Morgan fingerprint density at radius 3 is 2.48 bits per heavy atom. The number of carbonyl (C=O) groups excluding carboxylic acids is 1. The fourth-order valence-electron chi connectivity index (χ4n) is 3.40. The number of amidine groups is 1. The fraction of sp³-hybridized carbons (Fsp3) is 0.273. The van der Waals surface area contributed by atoms with Crippen LogP contribution in [0.1, 0.15) is 19.4 Å². The van der Waals surface area contributed by atoms with Crippen LogP contribution in [0.2, 0.25) is 5.02 Å². The van der Waals surface area contributed by atoms with Crippen LogP contribution < -0.4 is 4.90 Å². The number of hydrogen-bond donors (Lipinski definition) is 0. The summed E-state index contributed by atoms with van der Waals surface area (Å²) in [6.07, 6.45) is 0.863. The number of anilines is 1. The molecule has 4 nitrogen and oxygen atoms in total. The SMILES string of the molecule is CCN1C(=O)/C(=C2/Sc3ccc(Cl)cc3N2CC)SC1=NCCc1ccccc1. The zero-order valence-corrected chi connectivity index (χ0v) is 18.8. The first-order valence-electron chi connectivity index (χ1n) is 9.69. The molecule has 2 aromatic carbocycles. The van der Waals surface area contributed by atoms with Crippen molar-refractivity contribution in [2.24, 2.45) is 4.99 Å². The minimum absolute atomic E-state index is 0.0378. The minimum atomic E-state index is 0.0378. The molecule has 0 unspecified atom stereocenters. The zero-order chi connectivity index (χ0) is 20.4. The van der Waals surface area contributed by atoms with Gasteiger partial charge in [0.25, 0.3) is 5.91 Å². The summed E-state index contributed by atoms with van der Waals surface area (Å²) in [5.41, 5.74) is 2.32. The average Bonchev–Trinajstić information content (AvgIpc) is 3.25. The van der Waals surface area contributed by atoms with E-state index in [1.54, 1.807) is 16.7 Å². The van der Waals surface area contributed by atoms with Gasteiger partial charge in [-0.1, -0.05) is 53.7 Å². The van der Waals surface area contributed by atoms with Gasteiger partial charge in [-0.05, 0) is 55.8 Å². The number of aliphatic imine (C=N–C) groups is 1. The molecule has 2 aromatic rings. The topological polar surface area (TPSA) is 35.9 Å². The van der Waals surface area contributed by atoms with E-state index in [-0.39, 0.29) is 5.91 Å². The van der Waals surface area contributed by atoms with Gasteiger partial charge >= 0.3 is 0 Å². The van der Waals surface area contributed by atoms with Gasteiger partial charge in [-0.15, -0.1) is 0 Å². The predicted molar refractivity (Wildman–Crippen MR) is 125 cm³/mol. The highest BCUT2D eigenvalue weighted by Gasteiger charge is 2.38. The summed E-state index contributed by atoms with van der Waals surface area (Å²) in [5, 5.41) is 2.48. The number of benzene rings is 2. The molecule has 150 valence electrons. The lowest BCUT2D eigenvalue weighted by atomic mass is 10.2. The van der Waals surface area contributed by atoms with Crippen LogP contribution in [-0.2, 0) is 11.2 Å². The molecule has 2 aliphatic rings. The number of fused-ring (bicyclic) bond motifs is 1. The molecule has 0 aromatic heterocycles. The van der Waals surface area contributed by atoms with Crippen LogP contribution in [0.4, 0.5) is 5.69 Å². The molecule has 0 aliphatic carbocycles. The molecule has 7 heteroatoms. The van der Waals surface area contributed by atoms with Crippen LogP contribution in [0.3, 0.4) is 0 Å². The van der Waals surface area contributed by atoms with Crippen LogP contribution in [0.5, 0.6) is 0 Å². The van der Waals surface area contributed by atoms with Crippen molar-refractivity contribution in [1.82, 2.24) is 4.90 Å². The van der Waals surface area contributed by atoms with Crippen molar-refractivity contribution in [3.05, 3.63) is 69.1 Å². The van der Waals surface area contributed by atoms with E-state index in [1.165, 1.54) is 17.3 Å². The van der Waals surface area contributed by atoms with Crippen LogP contribution >= 0.6 is 35.1 Å². The number of amides is 1. The highest BCUT2D eigenvalue weighted by molar-refractivity contribution is 8.19. The second-order valence-electron chi connectivity index (χ2n) is 6.64. The number of rotatable bonds is 5. The van der Waals surface area contributed by atoms with Crippen molar-refractivity contribution in [3.8, 4) is 0 Å². The van der Waals surface area contributed by atoms with E-state index in [0.29, 0.717) is 18.1 Å². The Morgan fingerprint density at radius 2 is 1.76 bits per heavy atom. The van der Waals surface area contributed by atoms with E-state index in [0.717, 1.165) is 38.7 Å². The van der Waals surface area contributed by atoms with E-state index >= 15 is 0 Å². The zero-order valence-electron chi connectivity index (χ0n) is 16.4. The van der Waals surface area contributed by atoms with Gasteiger partial charge in [0.1, 0.15) is 9.93 Å². The second kappa shape index (κ2) is 8.86. The Hall–Kier alpha value is -1.89. The Bertz CT molecular complexity index is 991. The van der Waals surface area contributed by atoms with E-state index in [9.17, 15) is 4.79 Å². The van der Waals surface area contributed by atoms with Gasteiger partial charge in [-0.25, -0.2) is 0 Å². The van der Waals surface area contributed by atoms with E-state index in [1.807, 2.05) is 43.3 Å². The minimum Gasteiger partial charge on any atom is -0.334 e. The van der Waals surface area contributed by atoms with Gasteiger partial charge < -0.3 is 4.90 Å². The Morgan fingerprint density at radius 1 is 1.00 bits per heavy atom. The molecule has 2 heterocycles. The van der Waals surface area contributed by atoms with Gasteiger partial charge in [0, 0.05) is 29.6 Å². The molecule has 1 saturated heterocycles. The first-order valence-corrected chi connectivity index (χ1v) is 11.7. The molecule has 0 N–H and O–H groups in total. The lowest BCUT2D eigenvalue weighted by Crippen LogP contribution is -2.29. The maximum absolute atomic E-state index is 13.1. The predicted octanol–water partition coefficient (Wildman–Crippen LogP) is 5.64. The number of halogens is 1. The van der Waals surface area contributed by atoms with Gasteiger partial charge in [0.2, 0.25) is 0 Å². The van der Waals surface area contributed by atoms with Crippen molar-refractivity contribution >= 4 is 51.9 Å². The van der Waals surface area contributed by atoms with Crippen molar-refractivity contribution in [1.29, 1.82) is 0 Å². The Balaban J connectivity index is 1.60. The third-order valence-corrected chi connectivity index (χ3v) is 7.50. The first-order chi connectivity index (χ1) is 14.1. The third-order valence-electron chi connectivity index (χ3n) is 4.84. The van der Waals surface area contributed by atoms with Crippen LogP contribution in [-0.4, -0.2) is 35.6 Å². The van der Waals surface area contributed by atoms with E-state index < -0.39 is 0 Å². The number of nitrogens with zero attached hydrogens (tertiary/aromatic N) is 3. The van der Waals surface area contributed by atoms with Crippen LogP contribution in [0.25, 0.3) is 0 Å². The van der Waals surface area contributed by atoms with E-state index in [4.69, 9.17) is 16.6 Å². The molecule has 29 heavy (non-hydrogen) atoms. The lowest BCUT2D eigenvalue weighted by Gasteiger charge is -2.19. The highest BCUT2D eigenvalue weighted by atomic mass is 35.5. The molecule has 1 fully saturated rings. The third kappa shape index (κ3) is 4.06. The number of hydrogen-bond acceptors (Lipinski definition) is 5. The molecular weight excluding hydrogens is 422 g/mol. The van der Waals surface area contributed by atoms with Gasteiger partial charge in [0.15, 0.2) is 5.17 Å². The summed E-state index contributed by atoms with van der Waals surface area (Å²) >= 11 is 9.33. The number of carbonyl (C=O) groups is 1. The summed E-state index contributed by atoms with van der Waals surface area (Å²) in [6, 6.07) is 16.2. The highest BCUT2D eigenvalue weighted by Crippen LogP contribution is 2.51. The maximum Gasteiger partial charge on any atom is 0.269 e. The monoisotopic (exact) mass is 443 g/mol. The summed E-state index contributed by atoms with van der Waals surface area (Å²) in [5.74, 6) is 0.0378. The van der Waals surface area contributed by atoms with Crippen molar-refractivity contribution in [3.63, 3.8) is 0 Å². The normalized spacial score (nSPS) is 20.1. The lowest BCUT2D eigenvalue weighted by molar-refractivity contribution is -0.122. The molecule has 0 saturated carbocycles. The van der Waals surface area contributed by atoms with Gasteiger partial charge in [-0.3, -0.25) is 14.7 Å². The molecule has 0 atom stereocenters. The van der Waals surface area contributed by atoms with Crippen LogP contribution in [0.15, 0.2) is 68.4 Å². The molecule has 4 rings (SSSR count). The first kappa shape index (κ1) is 20.4. The molecule has 0 radical (unpaired) electrons. The van der Waals surface area contributed by atoms with Crippen LogP contribution in [0, 0.1) is 0 Å². The second-order valence-corrected chi connectivity index (χ2v) is 9.09. The molecule has 0 bridgehead atoms.